The highest BCUT2D eigenvalue weighted by molar-refractivity contribution is 7.98. The summed E-state index contributed by atoms with van der Waals surface area (Å²) >= 11 is 1.67. The minimum absolute atomic E-state index is 0.100. The second-order valence-electron chi connectivity index (χ2n) is 5.97. The number of nitrogens with zero attached hydrogens (tertiary/aromatic N) is 1. The molecule has 1 aromatic carbocycles. The van der Waals surface area contributed by atoms with Gasteiger partial charge in [-0.2, -0.15) is 0 Å². The summed E-state index contributed by atoms with van der Waals surface area (Å²) in [6.45, 7) is 1.09. The Hall–Kier alpha value is -2.21. The van der Waals surface area contributed by atoms with E-state index in [1.165, 1.54) is 7.11 Å². The number of amides is 1. The van der Waals surface area contributed by atoms with E-state index in [4.69, 9.17) is 9.15 Å². The first-order chi connectivity index (χ1) is 12.2. The molecule has 1 aliphatic heterocycles. The van der Waals surface area contributed by atoms with Gasteiger partial charge in [0.2, 0.25) is 0 Å². The maximum atomic E-state index is 12.7. The van der Waals surface area contributed by atoms with Crippen molar-refractivity contribution in [1.29, 1.82) is 0 Å². The molecule has 0 N–H and O–H groups in total. The van der Waals surface area contributed by atoms with E-state index < -0.39 is 0 Å². The molecule has 1 aromatic heterocycles. The van der Waals surface area contributed by atoms with Gasteiger partial charge in [-0.15, -0.1) is 11.8 Å². The Balaban J connectivity index is 1.60. The van der Waals surface area contributed by atoms with E-state index in [0.29, 0.717) is 37.4 Å². The van der Waals surface area contributed by atoms with Crippen molar-refractivity contribution >= 4 is 23.6 Å². The van der Waals surface area contributed by atoms with Gasteiger partial charge < -0.3 is 14.1 Å². The first kappa shape index (κ1) is 17.6. The molecular formula is C19H21NO4S. The number of carbonyl (C=O) groups excluding carboxylic acids is 2. The van der Waals surface area contributed by atoms with Crippen LogP contribution in [0.3, 0.4) is 0 Å². The predicted molar refractivity (Wildman–Crippen MR) is 95.4 cm³/mol. The topological polar surface area (TPSA) is 59.8 Å². The van der Waals surface area contributed by atoms with Crippen molar-refractivity contribution < 1.29 is 18.7 Å². The molecule has 0 spiro atoms. The quantitative estimate of drug-likeness (QED) is 0.603. The third kappa shape index (κ3) is 4.25. The van der Waals surface area contributed by atoms with Gasteiger partial charge in [-0.05, 0) is 31.0 Å². The number of methoxy groups -OCH3 is 1. The zero-order valence-corrected chi connectivity index (χ0v) is 15.0. The van der Waals surface area contributed by atoms with E-state index in [9.17, 15) is 9.59 Å². The van der Waals surface area contributed by atoms with Gasteiger partial charge in [0.1, 0.15) is 0 Å². The fourth-order valence-electron chi connectivity index (χ4n) is 2.94. The van der Waals surface area contributed by atoms with Crippen molar-refractivity contribution in [1.82, 2.24) is 4.90 Å². The Morgan fingerprint density at radius 1 is 1.20 bits per heavy atom. The molecule has 0 atom stereocenters. The van der Waals surface area contributed by atoms with Crippen LogP contribution in [0.15, 0.2) is 52.0 Å². The van der Waals surface area contributed by atoms with Crippen LogP contribution in [0.1, 0.15) is 29.0 Å². The summed E-state index contributed by atoms with van der Waals surface area (Å²) in [5.74, 6) is 0.681. The molecule has 1 fully saturated rings. The van der Waals surface area contributed by atoms with Crippen LogP contribution in [-0.2, 0) is 15.3 Å². The van der Waals surface area contributed by atoms with Crippen molar-refractivity contribution in [3.63, 3.8) is 0 Å². The van der Waals surface area contributed by atoms with Crippen molar-refractivity contribution in [3.8, 4) is 0 Å². The minimum Gasteiger partial charge on any atom is -0.469 e. The Morgan fingerprint density at radius 3 is 2.60 bits per heavy atom. The molecule has 0 unspecified atom stereocenters. The third-order valence-corrected chi connectivity index (χ3v) is 5.46. The van der Waals surface area contributed by atoms with E-state index in [0.717, 1.165) is 10.5 Å². The minimum atomic E-state index is -0.190. The molecule has 5 nitrogen and oxygen atoms in total. The smallest absolute Gasteiger partial charge is 0.308 e. The lowest BCUT2D eigenvalue weighted by molar-refractivity contribution is -0.146. The zero-order chi connectivity index (χ0) is 17.6. The molecule has 0 radical (unpaired) electrons. The molecular weight excluding hydrogens is 338 g/mol. The second-order valence-corrected chi connectivity index (χ2v) is 7.02. The molecule has 0 saturated carbocycles. The molecule has 2 aromatic rings. The van der Waals surface area contributed by atoms with E-state index in [-0.39, 0.29) is 17.8 Å². The van der Waals surface area contributed by atoms with Crippen LogP contribution in [0.2, 0.25) is 0 Å². The van der Waals surface area contributed by atoms with Gasteiger partial charge in [0.05, 0.1) is 19.3 Å². The van der Waals surface area contributed by atoms with Crippen molar-refractivity contribution in [2.24, 2.45) is 5.92 Å². The first-order valence-corrected chi connectivity index (χ1v) is 9.29. The molecule has 0 aliphatic carbocycles. The molecule has 25 heavy (non-hydrogen) atoms. The number of rotatable bonds is 5. The number of carbonyl (C=O) groups is 2. The third-order valence-electron chi connectivity index (χ3n) is 4.40. The normalized spacial score (nSPS) is 15.2. The van der Waals surface area contributed by atoms with E-state index in [2.05, 4.69) is 0 Å². The number of esters is 1. The van der Waals surface area contributed by atoms with Crippen LogP contribution in [0, 0.1) is 5.92 Å². The van der Waals surface area contributed by atoms with Gasteiger partial charge >= 0.3 is 5.97 Å². The molecule has 1 aliphatic rings. The Morgan fingerprint density at radius 2 is 1.92 bits per heavy atom. The zero-order valence-electron chi connectivity index (χ0n) is 14.1. The Bertz CT molecular complexity index is 720. The Kier molecular flexibility index (Phi) is 5.81. The average molecular weight is 359 g/mol. The SMILES string of the molecule is COC(=O)C1CCN(C(=O)c2occc2CSc2ccccc2)CC1. The summed E-state index contributed by atoms with van der Waals surface area (Å²) < 4.78 is 10.3. The maximum Gasteiger partial charge on any atom is 0.308 e. The number of furan rings is 1. The molecule has 1 amide bonds. The summed E-state index contributed by atoms with van der Waals surface area (Å²) in [5, 5.41) is 0. The largest absolute Gasteiger partial charge is 0.469 e. The van der Waals surface area contributed by atoms with E-state index >= 15 is 0 Å². The molecule has 0 bridgehead atoms. The number of thioether (sulfide) groups is 1. The number of hydrogen-bond donors (Lipinski definition) is 0. The second kappa shape index (κ2) is 8.25. The van der Waals surface area contributed by atoms with Gasteiger partial charge in [0.15, 0.2) is 5.76 Å². The highest BCUT2D eigenvalue weighted by Crippen LogP contribution is 2.27. The molecule has 132 valence electrons. The van der Waals surface area contributed by atoms with Gasteiger partial charge in [-0.1, -0.05) is 18.2 Å². The van der Waals surface area contributed by atoms with Crippen LogP contribution >= 0.6 is 11.8 Å². The Labute approximate surface area is 151 Å². The number of likely N-dealkylation sites (tertiary alicyclic amines) is 1. The fourth-order valence-corrected chi connectivity index (χ4v) is 3.84. The fraction of sp³-hybridized carbons (Fsp3) is 0.368. The highest BCUT2D eigenvalue weighted by Gasteiger charge is 2.30. The molecule has 2 heterocycles. The van der Waals surface area contributed by atoms with E-state index in [1.54, 1.807) is 22.9 Å². The lowest BCUT2D eigenvalue weighted by Crippen LogP contribution is -2.40. The van der Waals surface area contributed by atoms with Crippen LogP contribution in [0.25, 0.3) is 0 Å². The van der Waals surface area contributed by atoms with Crippen LogP contribution in [0.4, 0.5) is 0 Å². The summed E-state index contributed by atoms with van der Waals surface area (Å²) in [6.07, 6.45) is 2.83. The number of hydrogen-bond acceptors (Lipinski definition) is 5. The van der Waals surface area contributed by atoms with Crippen LogP contribution in [0.5, 0.6) is 0 Å². The average Bonchev–Trinajstić information content (AvgIpc) is 3.14. The van der Waals surface area contributed by atoms with Crippen LogP contribution in [-0.4, -0.2) is 37.0 Å². The summed E-state index contributed by atoms with van der Waals surface area (Å²) in [7, 11) is 1.40. The molecule has 1 saturated heterocycles. The van der Waals surface area contributed by atoms with Crippen molar-refractivity contribution in [2.45, 2.75) is 23.5 Å². The molecule has 3 rings (SSSR count). The highest BCUT2D eigenvalue weighted by atomic mass is 32.2. The lowest BCUT2D eigenvalue weighted by atomic mass is 9.97. The first-order valence-electron chi connectivity index (χ1n) is 8.30. The van der Waals surface area contributed by atoms with Crippen molar-refractivity contribution in [2.75, 3.05) is 20.2 Å². The summed E-state index contributed by atoms with van der Waals surface area (Å²) in [4.78, 5) is 27.3. The van der Waals surface area contributed by atoms with Gasteiger partial charge in [0.25, 0.3) is 5.91 Å². The van der Waals surface area contributed by atoms with Crippen molar-refractivity contribution in [3.05, 3.63) is 54.0 Å². The number of benzene rings is 1. The standard InChI is InChI=1S/C19H21NO4S/c1-23-19(22)14-7-10-20(11-8-14)18(21)17-15(9-12-24-17)13-25-16-5-3-2-4-6-16/h2-6,9,12,14H,7-8,10-11,13H2,1H3. The monoisotopic (exact) mass is 359 g/mol. The van der Waals surface area contributed by atoms with Crippen LogP contribution < -0.4 is 0 Å². The lowest BCUT2D eigenvalue weighted by Gasteiger charge is -2.30. The number of piperidine rings is 1. The summed E-state index contributed by atoms with van der Waals surface area (Å²) in [5.41, 5.74) is 0.897. The predicted octanol–water partition coefficient (Wildman–Crippen LogP) is 3.60. The maximum absolute atomic E-state index is 12.7. The summed E-state index contributed by atoms with van der Waals surface area (Å²) in [6, 6.07) is 11.9. The van der Waals surface area contributed by atoms with E-state index in [1.807, 2.05) is 36.4 Å². The molecule has 6 heteroatoms. The van der Waals surface area contributed by atoms with Gasteiger partial charge in [-0.25, -0.2) is 0 Å². The van der Waals surface area contributed by atoms with Gasteiger partial charge in [0, 0.05) is 29.3 Å². The number of ether oxygens (including phenoxy) is 1. The van der Waals surface area contributed by atoms with Gasteiger partial charge in [-0.3, -0.25) is 9.59 Å².